The molecular weight excluding hydrogens is 224 g/mol. The van der Waals surface area contributed by atoms with Gasteiger partial charge >= 0.3 is 0 Å². The SMILES string of the molecule is CC(C)CCn1c(C2CC2)nc(Cl)cc1=O. The molecule has 16 heavy (non-hydrogen) atoms. The van der Waals surface area contributed by atoms with E-state index < -0.39 is 0 Å². The standard InChI is InChI=1S/C12H17ClN2O/c1-8(2)5-6-15-11(16)7-10(13)14-12(15)9-3-4-9/h7-9H,3-6H2,1-2H3. The van der Waals surface area contributed by atoms with Gasteiger partial charge in [0.2, 0.25) is 0 Å². The van der Waals surface area contributed by atoms with E-state index >= 15 is 0 Å². The van der Waals surface area contributed by atoms with Crippen LogP contribution in [0.3, 0.4) is 0 Å². The van der Waals surface area contributed by atoms with Crippen LogP contribution in [0.4, 0.5) is 0 Å². The van der Waals surface area contributed by atoms with Crippen LogP contribution in [-0.2, 0) is 6.54 Å². The number of nitrogens with zero attached hydrogens (tertiary/aromatic N) is 2. The first kappa shape index (κ1) is 11.6. The summed E-state index contributed by atoms with van der Waals surface area (Å²) in [5.74, 6) is 1.94. The van der Waals surface area contributed by atoms with Crippen molar-refractivity contribution in [3.8, 4) is 0 Å². The second-order valence-electron chi connectivity index (χ2n) is 4.88. The molecule has 0 radical (unpaired) electrons. The van der Waals surface area contributed by atoms with E-state index in [1.165, 1.54) is 6.07 Å². The Morgan fingerprint density at radius 3 is 2.81 bits per heavy atom. The molecule has 0 aliphatic heterocycles. The number of hydrogen-bond acceptors (Lipinski definition) is 2. The molecule has 1 aliphatic rings. The molecule has 0 bridgehead atoms. The monoisotopic (exact) mass is 240 g/mol. The van der Waals surface area contributed by atoms with Gasteiger partial charge in [-0.15, -0.1) is 0 Å². The van der Waals surface area contributed by atoms with E-state index in [1.54, 1.807) is 4.57 Å². The van der Waals surface area contributed by atoms with Crippen molar-refractivity contribution in [1.82, 2.24) is 9.55 Å². The molecule has 1 saturated carbocycles. The van der Waals surface area contributed by atoms with Gasteiger partial charge in [0.1, 0.15) is 11.0 Å². The van der Waals surface area contributed by atoms with Gasteiger partial charge in [-0.3, -0.25) is 9.36 Å². The second kappa shape index (κ2) is 4.58. The largest absolute Gasteiger partial charge is 0.296 e. The number of halogens is 1. The minimum absolute atomic E-state index is 0.0115. The van der Waals surface area contributed by atoms with Gasteiger partial charge in [0.25, 0.3) is 5.56 Å². The van der Waals surface area contributed by atoms with Gasteiger partial charge in [-0.2, -0.15) is 0 Å². The Morgan fingerprint density at radius 2 is 2.25 bits per heavy atom. The van der Waals surface area contributed by atoms with Crippen LogP contribution in [0.5, 0.6) is 0 Å². The predicted molar refractivity (Wildman–Crippen MR) is 64.9 cm³/mol. The molecule has 1 aromatic heterocycles. The summed E-state index contributed by atoms with van der Waals surface area (Å²) in [6.45, 7) is 5.07. The Bertz CT molecular complexity index is 435. The summed E-state index contributed by atoms with van der Waals surface area (Å²) in [5.41, 5.74) is -0.0115. The molecular formula is C12H17ClN2O. The summed E-state index contributed by atoms with van der Waals surface area (Å²) in [5, 5.41) is 0.327. The lowest BCUT2D eigenvalue weighted by Crippen LogP contribution is -2.24. The number of aromatic nitrogens is 2. The highest BCUT2D eigenvalue weighted by Gasteiger charge is 2.28. The fraction of sp³-hybridized carbons (Fsp3) is 0.667. The van der Waals surface area contributed by atoms with Gasteiger partial charge < -0.3 is 0 Å². The van der Waals surface area contributed by atoms with Crippen LogP contribution < -0.4 is 5.56 Å². The molecule has 4 heteroatoms. The molecule has 0 aromatic carbocycles. The van der Waals surface area contributed by atoms with E-state index in [4.69, 9.17) is 11.6 Å². The highest BCUT2D eigenvalue weighted by molar-refractivity contribution is 6.29. The third-order valence-corrected chi connectivity index (χ3v) is 3.07. The van der Waals surface area contributed by atoms with Crippen molar-refractivity contribution in [2.75, 3.05) is 0 Å². The Hall–Kier alpha value is -0.830. The fourth-order valence-electron chi connectivity index (χ4n) is 1.76. The smallest absolute Gasteiger partial charge is 0.254 e. The zero-order valence-corrected chi connectivity index (χ0v) is 10.5. The molecule has 0 saturated heterocycles. The Morgan fingerprint density at radius 1 is 1.56 bits per heavy atom. The molecule has 1 aromatic rings. The molecule has 3 nitrogen and oxygen atoms in total. The molecule has 2 rings (SSSR count). The predicted octanol–water partition coefficient (Wildman–Crippen LogP) is 2.82. The Balaban J connectivity index is 2.30. The van der Waals surface area contributed by atoms with Gasteiger partial charge in [-0.25, -0.2) is 4.98 Å². The zero-order chi connectivity index (χ0) is 11.7. The highest BCUT2D eigenvalue weighted by atomic mass is 35.5. The first-order valence-corrected chi connectivity index (χ1v) is 6.23. The summed E-state index contributed by atoms with van der Waals surface area (Å²) in [6, 6.07) is 1.41. The van der Waals surface area contributed by atoms with Crippen molar-refractivity contribution >= 4 is 11.6 Å². The normalized spacial score (nSPS) is 15.8. The molecule has 0 spiro atoms. The molecule has 0 atom stereocenters. The van der Waals surface area contributed by atoms with Crippen molar-refractivity contribution in [2.24, 2.45) is 5.92 Å². The van der Waals surface area contributed by atoms with E-state index in [-0.39, 0.29) is 5.56 Å². The van der Waals surface area contributed by atoms with Crippen LogP contribution >= 0.6 is 11.6 Å². The first-order chi connectivity index (χ1) is 7.58. The topological polar surface area (TPSA) is 34.9 Å². The van der Waals surface area contributed by atoms with Crippen molar-refractivity contribution in [3.05, 3.63) is 27.4 Å². The van der Waals surface area contributed by atoms with E-state index in [9.17, 15) is 4.79 Å². The summed E-state index contributed by atoms with van der Waals surface area (Å²) in [6.07, 6.45) is 3.27. The molecule has 0 N–H and O–H groups in total. The van der Waals surface area contributed by atoms with Crippen LogP contribution in [0.25, 0.3) is 0 Å². The quantitative estimate of drug-likeness (QED) is 0.759. The van der Waals surface area contributed by atoms with Gasteiger partial charge in [0.15, 0.2) is 0 Å². The molecule has 0 amide bonds. The number of rotatable bonds is 4. The van der Waals surface area contributed by atoms with Gasteiger partial charge in [-0.1, -0.05) is 25.4 Å². The van der Waals surface area contributed by atoms with E-state index in [0.717, 1.165) is 31.6 Å². The van der Waals surface area contributed by atoms with Crippen molar-refractivity contribution in [3.63, 3.8) is 0 Å². The third-order valence-electron chi connectivity index (χ3n) is 2.88. The Labute approximate surface area is 100 Å². The maximum Gasteiger partial charge on any atom is 0.254 e. The fourth-order valence-corrected chi connectivity index (χ4v) is 1.94. The van der Waals surface area contributed by atoms with Gasteiger partial charge in [0.05, 0.1) is 0 Å². The molecule has 1 fully saturated rings. The van der Waals surface area contributed by atoms with Crippen LogP contribution in [0.1, 0.15) is 44.9 Å². The summed E-state index contributed by atoms with van der Waals surface area (Å²) >= 11 is 5.83. The van der Waals surface area contributed by atoms with Crippen LogP contribution in [0.2, 0.25) is 5.15 Å². The van der Waals surface area contributed by atoms with Crippen molar-refractivity contribution < 1.29 is 0 Å². The zero-order valence-electron chi connectivity index (χ0n) is 9.74. The summed E-state index contributed by atoms with van der Waals surface area (Å²) in [7, 11) is 0. The van der Waals surface area contributed by atoms with E-state index in [0.29, 0.717) is 17.0 Å². The molecule has 0 unspecified atom stereocenters. The highest BCUT2D eigenvalue weighted by Crippen LogP contribution is 2.38. The molecule has 1 heterocycles. The lowest BCUT2D eigenvalue weighted by Gasteiger charge is -2.12. The minimum Gasteiger partial charge on any atom is -0.296 e. The van der Waals surface area contributed by atoms with Crippen LogP contribution in [0.15, 0.2) is 10.9 Å². The van der Waals surface area contributed by atoms with Gasteiger partial charge in [-0.05, 0) is 25.2 Å². The minimum atomic E-state index is -0.0115. The average molecular weight is 241 g/mol. The maximum absolute atomic E-state index is 11.8. The Kier molecular flexibility index (Phi) is 3.33. The summed E-state index contributed by atoms with van der Waals surface area (Å²) in [4.78, 5) is 16.1. The third kappa shape index (κ3) is 2.64. The number of hydrogen-bond donors (Lipinski definition) is 0. The maximum atomic E-state index is 11.8. The lowest BCUT2D eigenvalue weighted by molar-refractivity contribution is 0.490. The first-order valence-electron chi connectivity index (χ1n) is 5.85. The van der Waals surface area contributed by atoms with E-state index in [2.05, 4.69) is 18.8 Å². The van der Waals surface area contributed by atoms with Crippen molar-refractivity contribution in [1.29, 1.82) is 0 Å². The van der Waals surface area contributed by atoms with Crippen molar-refractivity contribution in [2.45, 2.75) is 45.6 Å². The van der Waals surface area contributed by atoms with E-state index in [1.807, 2.05) is 0 Å². The second-order valence-corrected chi connectivity index (χ2v) is 5.27. The van der Waals surface area contributed by atoms with Crippen LogP contribution in [0, 0.1) is 5.92 Å². The van der Waals surface area contributed by atoms with Gasteiger partial charge in [0, 0.05) is 18.5 Å². The average Bonchev–Trinajstić information content (AvgIpc) is 2.97. The molecule has 88 valence electrons. The molecule has 1 aliphatic carbocycles. The lowest BCUT2D eigenvalue weighted by atomic mass is 10.1. The van der Waals surface area contributed by atoms with Crippen LogP contribution in [-0.4, -0.2) is 9.55 Å². The summed E-state index contributed by atoms with van der Waals surface area (Å²) < 4.78 is 1.80.